The first-order valence-corrected chi connectivity index (χ1v) is 3.63. The minimum Gasteiger partial charge on any atom is -0.297 e. The Morgan fingerprint density at radius 1 is 1.44 bits per heavy atom. The van der Waals surface area contributed by atoms with E-state index in [2.05, 4.69) is 23.4 Å². The van der Waals surface area contributed by atoms with Gasteiger partial charge in [-0.3, -0.25) is 4.99 Å². The number of hydrogen-bond donors (Lipinski definition) is 0. The van der Waals surface area contributed by atoms with Gasteiger partial charge in [0.2, 0.25) is 0 Å². The van der Waals surface area contributed by atoms with Gasteiger partial charge >= 0.3 is 0 Å². The van der Waals surface area contributed by atoms with Crippen molar-refractivity contribution >= 4 is 6.21 Å². The zero-order valence-corrected chi connectivity index (χ0v) is 5.46. The Bertz CT molecular complexity index is 158. The maximum Gasteiger partial charge on any atom is 0.0423 e. The molecule has 0 amide bonds. The summed E-state index contributed by atoms with van der Waals surface area (Å²) in [6.45, 7) is 1.08. The summed E-state index contributed by atoms with van der Waals surface area (Å²) in [5, 5.41) is 0. The van der Waals surface area contributed by atoms with E-state index in [1.54, 1.807) is 0 Å². The molecule has 48 valence electrons. The van der Waals surface area contributed by atoms with Crippen molar-refractivity contribution in [1.29, 1.82) is 0 Å². The monoisotopic (exact) mass is 121 g/mol. The highest BCUT2D eigenvalue weighted by atomic mass is 14.8. The first-order chi connectivity index (χ1) is 4.47. The molecule has 9 heavy (non-hydrogen) atoms. The fourth-order valence-corrected chi connectivity index (χ4v) is 1.62. The van der Waals surface area contributed by atoms with Crippen LogP contribution in [0.15, 0.2) is 17.1 Å². The van der Waals surface area contributed by atoms with Crippen molar-refractivity contribution in [3.63, 3.8) is 0 Å². The summed E-state index contributed by atoms with van der Waals surface area (Å²) in [4.78, 5) is 4.25. The third-order valence-corrected chi connectivity index (χ3v) is 2.22. The van der Waals surface area contributed by atoms with Crippen LogP contribution in [-0.2, 0) is 0 Å². The normalized spacial score (nSPS) is 39.1. The predicted octanol–water partition coefficient (Wildman–Crippen LogP) is 1.65. The molecule has 0 fully saturated rings. The molecular weight excluding hydrogens is 110 g/mol. The molecule has 0 saturated carbocycles. The first kappa shape index (κ1) is 5.21. The van der Waals surface area contributed by atoms with Gasteiger partial charge in [-0.2, -0.15) is 0 Å². The first-order valence-electron chi connectivity index (χ1n) is 3.63. The molecule has 1 aliphatic heterocycles. The smallest absolute Gasteiger partial charge is 0.0423 e. The number of allylic oxidation sites excluding steroid dienone is 2. The van der Waals surface area contributed by atoms with E-state index in [1.165, 1.54) is 12.8 Å². The van der Waals surface area contributed by atoms with E-state index < -0.39 is 0 Å². The lowest BCUT2D eigenvalue weighted by atomic mass is 9.87. The molecule has 0 aromatic rings. The van der Waals surface area contributed by atoms with Crippen LogP contribution >= 0.6 is 0 Å². The molecule has 0 bridgehead atoms. The second-order valence-corrected chi connectivity index (χ2v) is 2.86. The average molecular weight is 121 g/mol. The Balaban J connectivity index is 2.17. The van der Waals surface area contributed by atoms with Gasteiger partial charge in [-0.1, -0.05) is 12.2 Å². The van der Waals surface area contributed by atoms with Crippen LogP contribution in [-0.4, -0.2) is 12.8 Å². The number of nitrogens with zero attached hydrogens (tertiary/aromatic N) is 1. The minimum atomic E-state index is 0.693. The summed E-state index contributed by atoms with van der Waals surface area (Å²) in [7, 11) is 0. The molecule has 0 spiro atoms. The Morgan fingerprint density at radius 3 is 3.33 bits per heavy atom. The molecule has 0 radical (unpaired) electrons. The van der Waals surface area contributed by atoms with Crippen molar-refractivity contribution in [3.05, 3.63) is 12.2 Å². The minimum absolute atomic E-state index is 0.693. The molecule has 0 saturated heterocycles. The molecule has 0 aromatic carbocycles. The topological polar surface area (TPSA) is 12.4 Å². The molecule has 2 aliphatic rings. The van der Waals surface area contributed by atoms with Gasteiger partial charge in [0.05, 0.1) is 0 Å². The van der Waals surface area contributed by atoms with E-state index in [-0.39, 0.29) is 0 Å². The summed E-state index contributed by atoms with van der Waals surface area (Å²) < 4.78 is 0. The summed E-state index contributed by atoms with van der Waals surface area (Å²) in [5.74, 6) is 1.55. The molecule has 0 N–H and O–H groups in total. The average Bonchev–Trinajstić information content (AvgIpc) is 2.33. The molecule has 0 aromatic heterocycles. The Kier molecular flexibility index (Phi) is 1.15. The van der Waals surface area contributed by atoms with Gasteiger partial charge in [0.25, 0.3) is 0 Å². The number of rotatable bonds is 0. The van der Waals surface area contributed by atoms with E-state index >= 15 is 0 Å². The van der Waals surface area contributed by atoms with Crippen LogP contribution in [0.25, 0.3) is 0 Å². The summed E-state index contributed by atoms with van der Waals surface area (Å²) >= 11 is 0. The van der Waals surface area contributed by atoms with E-state index in [0.29, 0.717) is 5.92 Å². The third-order valence-electron chi connectivity index (χ3n) is 2.22. The van der Waals surface area contributed by atoms with Crippen LogP contribution in [0.1, 0.15) is 12.8 Å². The van der Waals surface area contributed by atoms with Gasteiger partial charge in [-0.05, 0) is 18.8 Å². The number of fused-ring (bicyclic) bond motifs is 1. The van der Waals surface area contributed by atoms with Crippen molar-refractivity contribution in [2.45, 2.75) is 12.8 Å². The maximum absolute atomic E-state index is 4.25. The van der Waals surface area contributed by atoms with Crippen LogP contribution in [0.3, 0.4) is 0 Å². The van der Waals surface area contributed by atoms with Crippen LogP contribution < -0.4 is 0 Å². The van der Waals surface area contributed by atoms with E-state index in [4.69, 9.17) is 0 Å². The molecular formula is C8H11N. The fourth-order valence-electron chi connectivity index (χ4n) is 1.62. The Hall–Kier alpha value is -0.590. The summed E-state index contributed by atoms with van der Waals surface area (Å²) in [6, 6.07) is 0. The lowest BCUT2D eigenvalue weighted by Gasteiger charge is -2.16. The van der Waals surface area contributed by atoms with E-state index in [0.717, 1.165) is 12.5 Å². The lowest BCUT2D eigenvalue weighted by molar-refractivity contribution is 0.467. The molecule has 1 heterocycles. The molecule has 2 atom stereocenters. The van der Waals surface area contributed by atoms with Crippen LogP contribution in [0.5, 0.6) is 0 Å². The second kappa shape index (κ2) is 1.98. The van der Waals surface area contributed by atoms with E-state index in [1.807, 2.05) is 0 Å². The van der Waals surface area contributed by atoms with Crippen molar-refractivity contribution in [3.8, 4) is 0 Å². The Morgan fingerprint density at radius 2 is 2.44 bits per heavy atom. The summed E-state index contributed by atoms with van der Waals surface area (Å²) in [6.07, 6.45) is 9.29. The molecule has 2 rings (SSSR count). The predicted molar refractivity (Wildman–Crippen MR) is 38.7 cm³/mol. The van der Waals surface area contributed by atoms with Gasteiger partial charge in [-0.15, -0.1) is 0 Å². The zero-order valence-electron chi connectivity index (χ0n) is 5.46. The molecule has 1 heteroatoms. The maximum atomic E-state index is 4.25. The third kappa shape index (κ3) is 0.805. The highest BCUT2D eigenvalue weighted by molar-refractivity contribution is 5.66. The van der Waals surface area contributed by atoms with Crippen LogP contribution in [0.2, 0.25) is 0 Å². The standard InChI is InChI=1S/C8H11N/c1-2-4-8-6-9-5-7(8)3-1/h1,3,5,7-8H,2,4,6H2. The van der Waals surface area contributed by atoms with Crippen molar-refractivity contribution in [2.24, 2.45) is 16.8 Å². The highest BCUT2D eigenvalue weighted by Crippen LogP contribution is 2.26. The SMILES string of the molecule is C1=CC2C=NCC2CC1. The van der Waals surface area contributed by atoms with E-state index in [9.17, 15) is 0 Å². The molecule has 2 unspecified atom stereocenters. The van der Waals surface area contributed by atoms with Crippen molar-refractivity contribution in [2.75, 3.05) is 6.54 Å². The van der Waals surface area contributed by atoms with Gasteiger partial charge in [0.1, 0.15) is 0 Å². The van der Waals surface area contributed by atoms with Gasteiger partial charge < -0.3 is 0 Å². The van der Waals surface area contributed by atoms with Gasteiger partial charge in [0, 0.05) is 18.7 Å². The van der Waals surface area contributed by atoms with Crippen LogP contribution in [0, 0.1) is 11.8 Å². The zero-order chi connectivity index (χ0) is 6.10. The van der Waals surface area contributed by atoms with Crippen molar-refractivity contribution in [1.82, 2.24) is 0 Å². The largest absolute Gasteiger partial charge is 0.297 e. The van der Waals surface area contributed by atoms with Gasteiger partial charge in [0.15, 0.2) is 0 Å². The van der Waals surface area contributed by atoms with Gasteiger partial charge in [-0.25, -0.2) is 0 Å². The second-order valence-electron chi connectivity index (χ2n) is 2.86. The quantitative estimate of drug-likeness (QED) is 0.432. The molecule has 1 aliphatic carbocycles. The van der Waals surface area contributed by atoms with Crippen LogP contribution in [0.4, 0.5) is 0 Å². The van der Waals surface area contributed by atoms with Crippen molar-refractivity contribution < 1.29 is 0 Å². The highest BCUT2D eigenvalue weighted by Gasteiger charge is 2.22. The molecule has 1 nitrogen and oxygen atoms in total. The summed E-state index contributed by atoms with van der Waals surface area (Å²) in [5.41, 5.74) is 0. The lowest BCUT2D eigenvalue weighted by Crippen LogP contribution is -2.13. The number of hydrogen-bond acceptors (Lipinski definition) is 1. The number of aliphatic imine (C=N–C) groups is 1. The Labute approximate surface area is 55.5 Å². The fraction of sp³-hybridized carbons (Fsp3) is 0.625.